The minimum Gasteiger partial charge on any atom is -0.457 e. The molecule has 0 N–H and O–H groups in total. The molecule has 0 heterocycles. The van der Waals surface area contributed by atoms with Gasteiger partial charge in [0.15, 0.2) is 0 Å². The van der Waals surface area contributed by atoms with Crippen molar-refractivity contribution in [1.29, 1.82) is 0 Å². The molecule has 0 aliphatic heterocycles. The Morgan fingerprint density at radius 3 is 1.50 bits per heavy atom. The summed E-state index contributed by atoms with van der Waals surface area (Å²) in [5.74, 6) is 0. The molecule has 3 heteroatoms. The zero-order valence-electron chi connectivity index (χ0n) is 15.1. The first-order valence-electron chi connectivity index (χ1n) is 9.56. The van der Waals surface area contributed by atoms with Crippen LogP contribution in [0.15, 0.2) is 0 Å². The molecule has 0 spiro atoms. The van der Waals surface area contributed by atoms with E-state index in [1.807, 2.05) is 0 Å². The highest BCUT2D eigenvalue weighted by atomic mass is 16.5. The smallest absolute Gasteiger partial charge is 0.417 e. The number of nitrogens with zero attached hydrogens (tertiary/aromatic N) is 1. The van der Waals surface area contributed by atoms with Gasteiger partial charge in [0.25, 0.3) is 0 Å². The maximum absolute atomic E-state index is 9.83. The van der Waals surface area contributed by atoms with Crippen LogP contribution >= 0.6 is 0 Å². The molecule has 0 rings (SSSR count). The van der Waals surface area contributed by atoms with Gasteiger partial charge in [-0.3, -0.25) is 0 Å². The van der Waals surface area contributed by atoms with Gasteiger partial charge < -0.3 is 9.64 Å². The van der Waals surface area contributed by atoms with Crippen molar-refractivity contribution in [2.24, 2.45) is 0 Å². The Kier molecular flexibility index (Phi) is 18.0. The van der Waals surface area contributed by atoms with E-state index >= 15 is 0 Å². The molecule has 0 atom stereocenters. The zero-order valence-corrected chi connectivity index (χ0v) is 15.1. The maximum Gasteiger partial charge on any atom is 0.417 e. The fourth-order valence-corrected chi connectivity index (χ4v) is 2.86. The van der Waals surface area contributed by atoms with Gasteiger partial charge in [-0.25, -0.2) is 4.79 Å². The van der Waals surface area contributed by atoms with Crippen molar-refractivity contribution in [2.45, 2.75) is 90.9 Å². The number of unbranched alkanes of at least 4 members (excludes halogenated alkanes) is 11. The van der Waals surface area contributed by atoms with E-state index in [1.165, 1.54) is 96.7 Å². The fourth-order valence-electron chi connectivity index (χ4n) is 2.86. The van der Waals surface area contributed by atoms with Gasteiger partial charge in [-0.15, -0.1) is 0 Å². The lowest BCUT2D eigenvalue weighted by atomic mass is 10.1. The molecule has 0 fully saturated rings. The van der Waals surface area contributed by atoms with Crippen LogP contribution < -0.4 is 0 Å². The molecule has 0 unspecified atom stereocenters. The Morgan fingerprint density at radius 1 is 0.682 bits per heavy atom. The van der Waals surface area contributed by atoms with E-state index < -0.39 is 0 Å². The summed E-state index contributed by atoms with van der Waals surface area (Å²) in [6.45, 7) is 10.2. The number of hydrogen-bond donors (Lipinski definition) is 0. The maximum atomic E-state index is 9.83. The molecule has 1 radical (unpaired) electrons. The van der Waals surface area contributed by atoms with Gasteiger partial charge in [0, 0.05) is 0 Å². The van der Waals surface area contributed by atoms with Gasteiger partial charge in [-0.2, -0.15) is 0 Å². The summed E-state index contributed by atoms with van der Waals surface area (Å²) in [7, 11) is 0. The zero-order chi connectivity index (χ0) is 16.3. The van der Waals surface area contributed by atoms with Gasteiger partial charge in [0.05, 0.1) is 6.61 Å². The third-order valence-electron chi connectivity index (χ3n) is 4.42. The average molecular weight is 313 g/mol. The lowest BCUT2D eigenvalue weighted by molar-refractivity contribution is 0.268. The van der Waals surface area contributed by atoms with Crippen LogP contribution in [0.4, 0.5) is 0 Å². The SMILES string of the molecule is CCN(CC)CCCCCCCCCCCCCCO[C]=O. The van der Waals surface area contributed by atoms with Crippen LogP contribution in [0.25, 0.3) is 0 Å². The van der Waals surface area contributed by atoms with Crippen molar-refractivity contribution in [1.82, 2.24) is 4.90 Å². The molecule has 0 saturated carbocycles. The Labute approximate surface area is 138 Å². The lowest BCUT2D eigenvalue weighted by Gasteiger charge is -2.17. The van der Waals surface area contributed by atoms with E-state index in [1.54, 1.807) is 0 Å². The molecule has 0 amide bonds. The largest absolute Gasteiger partial charge is 0.457 e. The third kappa shape index (κ3) is 15.8. The molecule has 0 bridgehead atoms. The van der Waals surface area contributed by atoms with Gasteiger partial charge in [0.1, 0.15) is 0 Å². The number of hydrogen-bond acceptors (Lipinski definition) is 3. The van der Waals surface area contributed by atoms with E-state index in [9.17, 15) is 4.79 Å². The summed E-state index contributed by atoms with van der Waals surface area (Å²) in [5, 5.41) is 0. The molecule has 0 aromatic carbocycles. The molecule has 0 aromatic heterocycles. The quantitative estimate of drug-likeness (QED) is 0.330. The van der Waals surface area contributed by atoms with Crippen LogP contribution in [0.1, 0.15) is 90.9 Å². The van der Waals surface area contributed by atoms with Crippen molar-refractivity contribution in [3.63, 3.8) is 0 Å². The molecule has 22 heavy (non-hydrogen) atoms. The number of rotatable bonds is 18. The summed E-state index contributed by atoms with van der Waals surface area (Å²) in [5.41, 5.74) is 0. The van der Waals surface area contributed by atoms with Crippen molar-refractivity contribution in [3.8, 4) is 0 Å². The summed E-state index contributed by atoms with van der Waals surface area (Å²) in [4.78, 5) is 12.3. The van der Waals surface area contributed by atoms with Crippen LogP contribution in [0.3, 0.4) is 0 Å². The fraction of sp³-hybridized carbons (Fsp3) is 0.947. The minimum atomic E-state index is 0.539. The molecule has 0 aliphatic rings. The van der Waals surface area contributed by atoms with E-state index in [4.69, 9.17) is 0 Å². The van der Waals surface area contributed by atoms with E-state index in [2.05, 4.69) is 23.5 Å². The van der Waals surface area contributed by atoms with Gasteiger partial charge >= 0.3 is 6.47 Å². The van der Waals surface area contributed by atoms with Crippen molar-refractivity contribution >= 4 is 6.47 Å². The summed E-state index contributed by atoms with van der Waals surface area (Å²) >= 11 is 0. The van der Waals surface area contributed by atoms with E-state index in [0.29, 0.717) is 6.61 Å². The normalized spacial score (nSPS) is 11.0. The van der Waals surface area contributed by atoms with Crippen LogP contribution in [0.2, 0.25) is 0 Å². The second-order valence-electron chi connectivity index (χ2n) is 6.20. The Morgan fingerprint density at radius 2 is 1.09 bits per heavy atom. The number of ether oxygens (including phenoxy) is 1. The summed E-state index contributed by atoms with van der Waals surface area (Å²) in [6, 6.07) is 0. The standard InChI is InChI=1S/C19H38NO2/c1-3-20(4-2)17-15-13-11-9-7-5-6-8-10-12-14-16-18-22-19-21/h3-18H2,1-2H3. The van der Waals surface area contributed by atoms with Crippen LogP contribution in [-0.2, 0) is 9.53 Å². The van der Waals surface area contributed by atoms with E-state index in [-0.39, 0.29) is 0 Å². The van der Waals surface area contributed by atoms with Crippen LogP contribution in [0, 0.1) is 0 Å². The second kappa shape index (κ2) is 18.5. The third-order valence-corrected chi connectivity index (χ3v) is 4.42. The first kappa shape index (κ1) is 21.4. The highest BCUT2D eigenvalue weighted by molar-refractivity contribution is 5.37. The van der Waals surface area contributed by atoms with Crippen molar-refractivity contribution < 1.29 is 9.53 Å². The van der Waals surface area contributed by atoms with Crippen LogP contribution in [-0.4, -0.2) is 37.6 Å². The summed E-state index contributed by atoms with van der Waals surface area (Å²) in [6.07, 6.45) is 15.9. The first-order valence-corrected chi connectivity index (χ1v) is 9.56. The average Bonchev–Trinajstić information content (AvgIpc) is 2.55. The first-order chi connectivity index (χ1) is 10.8. The topological polar surface area (TPSA) is 29.5 Å². The van der Waals surface area contributed by atoms with Crippen LogP contribution in [0.5, 0.6) is 0 Å². The van der Waals surface area contributed by atoms with Gasteiger partial charge in [-0.05, 0) is 32.5 Å². The van der Waals surface area contributed by atoms with Gasteiger partial charge in [-0.1, -0.05) is 78.1 Å². The Hall–Kier alpha value is -0.570. The number of carbonyl (C=O) groups excluding carboxylic acids is 1. The summed E-state index contributed by atoms with van der Waals surface area (Å²) < 4.78 is 4.55. The van der Waals surface area contributed by atoms with E-state index in [0.717, 1.165) is 6.42 Å². The second-order valence-corrected chi connectivity index (χ2v) is 6.20. The van der Waals surface area contributed by atoms with Crippen molar-refractivity contribution in [3.05, 3.63) is 0 Å². The molecular formula is C19H38NO2. The highest BCUT2D eigenvalue weighted by Crippen LogP contribution is 2.12. The van der Waals surface area contributed by atoms with Gasteiger partial charge in [0.2, 0.25) is 0 Å². The predicted molar refractivity (Wildman–Crippen MR) is 94.8 cm³/mol. The molecule has 131 valence electrons. The van der Waals surface area contributed by atoms with Crippen molar-refractivity contribution in [2.75, 3.05) is 26.2 Å². The molecule has 3 nitrogen and oxygen atoms in total. The monoisotopic (exact) mass is 312 g/mol. The highest BCUT2D eigenvalue weighted by Gasteiger charge is 1.98. The predicted octanol–water partition coefficient (Wildman–Crippen LogP) is 5.09. The lowest BCUT2D eigenvalue weighted by Crippen LogP contribution is -2.23. The molecule has 0 aliphatic carbocycles. The molecule has 0 saturated heterocycles. The molecular weight excluding hydrogens is 274 g/mol. The Bertz CT molecular complexity index is 217. The minimum absolute atomic E-state index is 0.539. The molecule has 0 aromatic rings. The Balaban J connectivity index is 3.04.